The molecule has 1 aromatic rings. The monoisotopic (exact) mass is 436 g/mol. The number of rotatable bonds is 4. The predicted octanol–water partition coefficient (Wildman–Crippen LogP) is 1.10. The first-order valence-corrected chi connectivity index (χ1v) is 10.2. The summed E-state index contributed by atoms with van der Waals surface area (Å²) in [4.78, 5) is 28.0. The highest BCUT2D eigenvalue weighted by Crippen LogP contribution is 2.62. The standard InChI is InChI=1S/C16H18F2N2O8S/c17-16(18,29(24,25)26)11(21)27-14-4-10-3-13(23,6-14)7-15(5-10,8-14)28-12(22)20-2-1-19-9-20/h1-2,9-10,23H,3-8H2,(H,24,25,26). The third-order valence-corrected chi connectivity index (χ3v) is 6.64. The number of halogens is 2. The second-order valence-corrected chi connectivity index (χ2v) is 9.78. The van der Waals surface area contributed by atoms with Crippen LogP contribution in [-0.2, 0) is 24.4 Å². The summed E-state index contributed by atoms with van der Waals surface area (Å²) in [5.74, 6) is -2.72. The van der Waals surface area contributed by atoms with Crippen LogP contribution in [0.3, 0.4) is 0 Å². The first kappa shape index (κ1) is 20.2. The molecule has 160 valence electrons. The van der Waals surface area contributed by atoms with Crippen molar-refractivity contribution >= 4 is 22.2 Å². The molecule has 0 saturated heterocycles. The summed E-state index contributed by atoms with van der Waals surface area (Å²) < 4.78 is 69.4. The van der Waals surface area contributed by atoms with E-state index in [-0.39, 0.29) is 31.6 Å². The molecule has 0 amide bonds. The van der Waals surface area contributed by atoms with Crippen LogP contribution in [-0.4, -0.2) is 61.7 Å². The van der Waals surface area contributed by atoms with Crippen LogP contribution in [0.1, 0.15) is 38.5 Å². The second-order valence-electron chi connectivity index (χ2n) is 8.32. The Hall–Kier alpha value is -2.12. The lowest BCUT2D eigenvalue weighted by molar-refractivity contribution is -0.264. The smallest absolute Gasteiger partial charge is 0.453 e. The van der Waals surface area contributed by atoms with Crippen LogP contribution in [0.4, 0.5) is 13.6 Å². The lowest BCUT2D eigenvalue weighted by atomic mass is 9.50. The zero-order valence-electron chi connectivity index (χ0n) is 15.0. The average molecular weight is 436 g/mol. The molecule has 1 aromatic heterocycles. The first-order valence-electron chi connectivity index (χ1n) is 8.79. The number of esters is 1. The number of carbonyl (C=O) groups excluding carboxylic acids is 2. The Kier molecular flexibility index (Phi) is 4.14. The molecule has 2 N–H and O–H groups in total. The maximum atomic E-state index is 13.7. The van der Waals surface area contributed by atoms with E-state index < -0.39 is 44.2 Å². The van der Waals surface area contributed by atoms with Gasteiger partial charge in [-0.25, -0.2) is 19.1 Å². The van der Waals surface area contributed by atoms with E-state index in [1.807, 2.05) is 0 Å². The lowest BCUT2D eigenvalue weighted by Crippen LogP contribution is -2.68. The molecule has 13 heteroatoms. The van der Waals surface area contributed by atoms with E-state index in [9.17, 15) is 31.9 Å². The van der Waals surface area contributed by atoms with E-state index in [1.54, 1.807) is 0 Å². The minimum atomic E-state index is -6.03. The molecule has 1 heterocycles. The molecule has 0 aliphatic heterocycles. The van der Waals surface area contributed by atoms with Gasteiger partial charge in [0, 0.05) is 31.7 Å². The van der Waals surface area contributed by atoms with E-state index in [0.29, 0.717) is 12.8 Å². The van der Waals surface area contributed by atoms with Crippen molar-refractivity contribution in [2.45, 2.75) is 60.6 Å². The number of hydrogen-bond donors (Lipinski definition) is 2. The van der Waals surface area contributed by atoms with E-state index in [1.165, 1.54) is 18.7 Å². The van der Waals surface area contributed by atoms with Crippen molar-refractivity contribution in [2.24, 2.45) is 5.92 Å². The van der Waals surface area contributed by atoms with Gasteiger partial charge in [-0.05, 0) is 25.2 Å². The van der Waals surface area contributed by atoms with Crippen LogP contribution < -0.4 is 0 Å². The third-order valence-electron chi connectivity index (χ3n) is 5.83. The van der Waals surface area contributed by atoms with Crippen molar-refractivity contribution in [1.29, 1.82) is 0 Å². The fourth-order valence-electron chi connectivity index (χ4n) is 5.41. The molecular formula is C16H18F2N2O8S. The Bertz CT molecular complexity index is 968. The minimum Gasteiger partial charge on any atom is -0.453 e. The maximum absolute atomic E-state index is 13.7. The molecule has 4 saturated carbocycles. The fourth-order valence-corrected chi connectivity index (χ4v) is 5.66. The number of imidazole rings is 1. The quantitative estimate of drug-likeness (QED) is 0.523. The Morgan fingerprint density at radius 1 is 1.14 bits per heavy atom. The summed E-state index contributed by atoms with van der Waals surface area (Å²) in [6, 6.07) is 0. The molecule has 0 aromatic carbocycles. The van der Waals surface area contributed by atoms with Gasteiger partial charge in [-0.3, -0.25) is 4.55 Å². The molecule has 4 aliphatic rings. The summed E-state index contributed by atoms with van der Waals surface area (Å²) >= 11 is 0. The summed E-state index contributed by atoms with van der Waals surface area (Å²) in [5, 5.41) is 5.74. The zero-order valence-corrected chi connectivity index (χ0v) is 15.8. The Balaban J connectivity index is 1.62. The number of hydrogen-bond acceptors (Lipinski definition) is 8. The highest BCUT2D eigenvalue weighted by Gasteiger charge is 2.68. The third kappa shape index (κ3) is 3.30. The van der Waals surface area contributed by atoms with Crippen LogP contribution in [0.25, 0.3) is 0 Å². The topological polar surface area (TPSA) is 145 Å². The van der Waals surface area contributed by atoms with Crippen LogP contribution in [0.2, 0.25) is 0 Å². The molecule has 10 nitrogen and oxygen atoms in total. The summed E-state index contributed by atoms with van der Waals surface area (Å²) in [6.07, 6.45) is 3.53. The molecule has 0 radical (unpaired) electrons. The van der Waals surface area contributed by atoms with Crippen LogP contribution in [0.15, 0.2) is 18.7 Å². The van der Waals surface area contributed by atoms with Crippen molar-refractivity contribution in [3.8, 4) is 0 Å². The number of nitrogens with zero attached hydrogens (tertiary/aromatic N) is 2. The Morgan fingerprint density at radius 2 is 1.76 bits per heavy atom. The Labute approximate surface area is 163 Å². The van der Waals surface area contributed by atoms with Gasteiger partial charge in [0.15, 0.2) is 0 Å². The van der Waals surface area contributed by atoms with E-state index in [0.717, 1.165) is 4.57 Å². The van der Waals surface area contributed by atoms with Gasteiger partial charge >= 0.3 is 27.4 Å². The number of aliphatic hydroxyl groups is 1. The second kappa shape index (κ2) is 5.95. The first-order chi connectivity index (χ1) is 13.3. The van der Waals surface area contributed by atoms with Crippen LogP contribution in [0, 0.1) is 5.92 Å². The molecule has 4 atom stereocenters. The zero-order chi connectivity index (χ0) is 21.3. The maximum Gasteiger partial charge on any atom is 0.465 e. The fraction of sp³-hybridized carbons (Fsp3) is 0.688. The average Bonchev–Trinajstić information content (AvgIpc) is 3.04. The number of ether oxygens (including phenoxy) is 2. The summed E-state index contributed by atoms with van der Waals surface area (Å²) in [6.45, 7) is 0. The van der Waals surface area contributed by atoms with Crippen molar-refractivity contribution in [1.82, 2.24) is 9.55 Å². The van der Waals surface area contributed by atoms with Crippen molar-refractivity contribution in [2.75, 3.05) is 0 Å². The minimum absolute atomic E-state index is 0.0327. The highest BCUT2D eigenvalue weighted by molar-refractivity contribution is 7.87. The van der Waals surface area contributed by atoms with Crippen LogP contribution in [0.5, 0.6) is 0 Å². The van der Waals surface area contributed by atoms with Gasteiger partial charge < -0.3 is 14.6 Å². The Morgan fingerprint density at radius 3 is 2.28 bits per heavy atom. The highest BCUT2D eigenvalue weighted by atomic mass is 32.2. The van der Waals surface area contributed by atoms with Crippen molar-refractivity contribution in [3.63, 3.8) is 0 Å². The normalized spacial score (nSPS) is 36.1. The molecule has 29 heavy (non-hydrogen) atoms. The summed E-state index contributed by atoms with van der Waals surface area (Å²) in [7, 11) is -6.03. The molecule has 5 rings (SSSR count). The van der Waals surface area contributed by atoms with Gasteiger partial charge in [-0.1, -0.05) is 0 Å². The van der Waals surface area contributed by atoms with E-state index in [4.69, 9.17) is 14.0 Å². The van der Waals surface area contributed by atoms with Gasteiger partial charge in [-0.15, -0.1) is 0 Å². The summed E-state index contributed by atoms with van der Waals surface area (Å²) in [5.41, 5.74) is -4.35. The van der Waals surface area contributed by atoms with E-state index in [2.05, 4.69) is 4.98 Å². The number of alkyl halides is 2. The number of aromatic nitrogens is 2. The van der Waals surface area contributed by atoms with Gasteiger partial charge in [0.05, 0.1) is 5.60 Å². The number of carbonyl (C=O) groups is 2. The largest absolute Gasteiger partial charge is 0.465 e. The lowest BCUT2D eigenvalue weighted by Gasteiger charge is -2.62. The molecule has 0 spiro atoms. The van der Waals surface area contributed by atoms with Crippen LogP contribution >= 0.6 is 0 Å². The van der Waals surface area contributed by atoms with Gasteiger partial charge in [0.2, 0.25) is 0 Å². The van der Waals surface area contributed by atoms with Gasteiger partial charge in [-0.2, -0.15) is 17.2 Å². The van der Waals surface area contributed by atoms with Crippen molar-refractivity contribution < 1.29 is 45.9 Å². The van der Waals surface area contributed by atoms with Gasteiger partial charge in [0.25, 0.3) is 0 Å². The predicted molar refractivity (Wildman–Crippen MR) is 88.3 cm³/mol. The molecule has 4 fully saturated rings. The molecule has 4 bridgehead atoms. The van der Waals surface area contributed by atoms with E-state index >= 15 is 0 Å². The van der Waals surface area contributed by atoms with Crippen molar-refractivity contribution in [3.05, 3.63) is 18.7 Å². The van der Waals surface area contributed by atoms with Gasteiger partial charge in [0.1, 0.15) is 17.5 Å². The SMILES string of the molecule is O=C(OC12CC3CC(O)(C1)CC(OC(=O)C(F)(F)S(=O)(=O)O)(C3)C2)n1ccnc1. The molecule has 4 unspecified atom stereocenters. The molecular weight excluding hydrogens is 418 g/mol. The molecule has 4 aliphatic carbocycles.